The van der Waals surface area contributed by atoms with Gasteiger partial charge in [-0.3, -0.25) is 9.47 Å². The highest BCUT2D eigenvalue weighted by molar-refractivity contribution is 7.91. The van der Waals surface area contributed by atoms with Crippen molar-refractivity contribution in [3.05, 3.63) is 69.0 Å². The van der Waals surface area contributed by atoms with Crippen LogP contribution in [0.4, 0.5) is 4.39 Å². The van der Waals surface area contributed by atoms with E-state index in [1.807, 2.05) is 0 Å². The zero-order valence-electron chi connectivity index (χ0n) is 18.6. The molecule has 0 unspecified atom stereocenters. The molecule has 1 fully saturated rings. The monoisotopic (exact) mass is 524 g/mol. The Morgan fingerprint density at radius 2 is 1.74 bits per heavy atom. The first-order valence-corrected chi connectivity index (χ1v) is 13.5. The van der Waals surface area contributed by atoms with Crippen LogP contribution in [0, 0.1) is 19.7 Å². The van der Waals surface area contributed by atoms with E-state index >= 15 is 4.39 Å². The number of nitrogens with zero attached hydrogens (tertiary/aromatic N) is 4. The van der Waals surface area contributed by atoms with E-state index in [1.54, 1.807) is 42.7 Å². The molecule has 3 aromatic rings. The Morgan fingerprint density at radius 3 is 2.38 bits per heavy atom. The number of aromatic nitrogens is 3. The molecule has 0 saturated carbocycles. The Labute approximate surface area is 207 Å². The highest BCUT2D eigenvalue weighted by Crippen LogP contribution is 2.43. The summed E-state index contributed by atoms with van der Waals surface area (Å²) in [7, 11) is -3.05. The minimum Gasteiger partial charge on any atom is -0.481 e. The number of hydrogen-bond donors (Lipinski definition) is 0. The Morgan fingerprint density at radius 1 is 1.06 bits per heavy atom. The lowest BCUT2D eigenvalue weighted by Crippen LogP contribution is -2.48. The average molecular weight is 525 g/mol. The van der Waals surface area contributed by atoms with Crippen molar-refractivity contribution in [3.63, 3.8) is 0 Å². The number of sulfone groups is 1. The van der Waals surface area contributed by atoms with Crippen molar-refractivity contribution in [2.75, 3.05) is 24.6 Å². The fourth-order valence-electron chi connectivity index (χ4n) is 4.84. The molecule has 1 saturated heterocycles. The summed E-state index contributed by atoms with van der Waals surface area (Å²) < 4.78 is 47.2. The zero-order chi connectivity index (χ0) is 24.2. The zero-order valence-corrected chi connectivity index (χ0v) is 21.0. The highest BCUT2D eigenvalue weighted by atomic mass is 35.5. The Kier molecular flexibility index (Phi) is 6.08. The van der Waals surface area contributed by atoms with Crippen molar-refractivity contribution >= 4 is 33.0 Å². The fraction of sp³-hybridized carbons (Fsp3) is 0.391. The van der Waals surface area contributed by atoms with Gasteiger partial charge in [-0.15, -0.1) is 10.2 Å². The number of hydrogen-bond acceptors (Lipinski definition) is 6. The number of ether oxygens (including phenoxy) is 1. The molecule has 7 nitrogen and oxygen atoms in total. The summed E-state index contributed by atoms with van der Waals surface area (Å²) in [4.78, 5) is 2.09. The van der Waals surface area contributed by atoms with Gasteiger partial charge in [0.15, 0.2) is 21.4 Å². The average Bonchev–Trinajstić information content (AvgIpc) is 3.29. The molecule has 0 spiro atoms. The fourth-order valence-corrected chi connectivity index (χ4v) is 6.66. The third-order valence-electron chi connectivity index (χ3n) is 6.53. The van der Waals surface area contributed by atoms with Gasteiger partial charge < -0.3 is 4.74 Å². The van der Waals surface area contributed by atoms with Crippen molar-refractivity contribution < 1.29 is 17.5 Å². The standard InChI is InChI=1S/C23H23Cl2FN4O3S/c1-13-27-28-14(2)30(13)16-3-4-22(20(26)11-16)33-23-18-9-15(24)10-19(25)17(18)12-21(23)29-5-7-34(31,32)8-6-29/h3-4,9-11,21,23H,5-8,12H2,1-2H3/t21-,23+/m0/s1. The Balaban J connectivity index is 1.49. The molecule has 0 N–H and O–H groups in total. The predicted molar refractivity (Wildman–Crippen MR) is 128 cm³/mol. The molecular weight excluding hydrogens is 502 g/mol. The largest absolute Gasteiger partial charge is 0.481 e. The van der Waals surface area contributed by atoms with E-state index in [0.717, 1.165) is 11.1 Å². The van der Waals surface area contributed by atoms with Crippen molar-refractivity contribution in [1.82, 2.24) is 19.7 Å². The van der Waals surface area contributed by atoms with Crippen LogP contribution >= 0.6 is 23.2 Å². The van der Waals surface area contributed by atoms with Gasteiger partial charge in [-0.2, -0.15) is 0 Å². The second-order valence-corrected chi connectivity index (χ2v) is 11.8. The molecule has 34 heavy (non-hydrogen) atoms. The third kappa shape index (κ3) is 4.30. The van der Waals surface area contributed by atoms with Crippen LogP contribution in [0.1, 0.15) is 28.9 Å². The number of aryl methyl sites for hydroxylation is 2. The molecule has 5 rings (SSSR count). The van der Waals surface area contributed by atoms with Gasteiger partial charge in [0.1, 0.15) is 17.8 Å². The quantitative estimate of drug-likeness (QED) is 0.511. The van der Waals surface area contributed by atoms with E-state index in [-0.39, 0.29) is 23.3 Å². The lowest BCUT2D eigenvalue weighted by Gasteiger charge is -2.35. The van der Waals surface area contributed by atoms with Crippen LogP contribution in [0.25, 0.3) is 5.69 Å². The van der Waals surface area contributed by atoms with Gasteiger partial charge in [0.05, 0.1) is 23.2 Å². The van der Waals surface area contributed by atoms with Gasteiger partial charge in [-0.25, -0.2) is 12.8 Å². The summed E-state index contributed by atoms with van der Waals surface area (Å²) in [5.41, 5.74) is 2.28. The van der Waals surface area contributed by atoms with E-state index in [9.17, 15) is 8.42 Å². The maximum absolute atomic E-state index is 15.2. The van der Waals surface area contributed by atoms with Crippen LogP contribution < -0.4 is 4.74 Å². The molecule has 2 heterocycles. The molecule has 11 heteroatoms. The first kappa shape index (κ1) is 23.5. The normalized spacial score (nSPS) is 22.0. The molecule has 1 aliphatic carbocycles. The third-order valence-corrected chi connectivity index (χ3v) is 8.69. The second kappa shape index (κ2) is 8.78. The lowest BCUT2D eigenvalue weighted by molar-refractivity contribution is 0.0804. The topological polar surface area (TPSA) is 77.3 Å². The van der Waals surface area contributed by atoms with Gasteiger partial charge in [-0.05, 0) is 50.1 Å². The van der Waals surface area contributed by atoms with Crippen LogP contribution in [0.3, 0.4) is 0 Å². The van der Waals surface area contributed by atoms with Crippen molar-refractivity contribution in [1.29, 1.82) is 0 Å². The van der Waals surface area contributed by atoms with E-state index in [0.29, 0.717) is 46.9 Å². The number of benzene rings is 2. The van der Waals surface area contributed by atoms with Crippen LogP contribution in [0.15, 0.2) is 30.3 Å². The lowest BCUT2D eigenvalue weighted by atomic mass is 10.1. The summed E-state index contributed by atoms with van der Waals surface area (Å²) in [5.74, 6) is 1.05. The summed E-state index contributed by atoms with van der Waals surface area (Å²) in [6, 6.07) is 8.02. The molecule has 0 amide bonds. The van der Waals surface area contributed by atoms with Gasteiger partial charge in [0.2, 0.25) is 0 Å². The van der Waals surface area contributed by atoms with Gasteiger partial charge in [-0.1, -0.05) is 23.2 Å². The minimum absolute atomic E-state index is 0.0851. The van der Waals surface area contributed by atoms with E-state index in [2.05, 4.69) is 15.1 Å². The predicted octanol–water partition coefficient (Wildman–Crippen LogP) is 4.11. The summed E-state index contributed by atoms with van der Waals surface area (Å²) in [6.45, 7) is 4.38. The molecule has 180 valence electrons. The van der Waals surface area contributed by atoms with E-state index < -0.39 is 21.8 Å². The Bertz CT molecular complexity index is 1350. The molecular formula is C23H23Cl2FN4O3S. The number of halogens is 3. The Hall–Kier alpha value is -2.20. The summed E-state index contributed by atoms with van der Waals surface area (Å²) >= 11 is 12.8. The van der Waals surface area contributed by atoms with Crippen LogP contribution in [0.2, 0.25) is 10.0 Å². The van der Waals surface area contributed by atoms with Crippen molar-refractivity contribution in [2.24, 2.45) is 0 Å². The molecule has 0 radical (unpaired) electrons. The van der Waals surface area contributed by atoms with Crippen LogP contribution in [0.5, 0.6) is 5.75 Å². The maximum Gasteiger partial charge on any atom is 0.167 e. The van der Waals surface area contributed by atoms with Gasteiger partial charge in [0.25, 0.3) is 0 Å². The summed E-state index contributed by atoms with van der Waals surface area (Å²) in [6.07, 6.45) is 0.0141. The molecule has 2 aromatic carbocycles. The van der Waals surface area contributed by atoms with E-state index in [4.69, 9.17) is 27.9 Å². The first-order valence-electron chi connectivity index (χ1n) is 10.9. The van der Waals surface area contributed by atoms with Crippen molar-refractivity contribution in [3.8, 4) is 11.4 Å². The SMILES string of the molecule is Cc1nnc(C)n1-c1ccc(O[C@@H]2c3cc(Cl)cc(Cl)c3C[C@@H]2N2CCS(=O)(=O)CC2)c(F)c1. The molecule has 2 atom stereocenters. The van der Waals surface area contributed by atoms with Crippen LogP contribution in [-0.2, 0) is 16.3 Å². The first-order chi connectivity index (χ1) is 16.1. The van der Waals surface area contributed by atoms with E-state index in [1.165, 1.54) is 6.07 Å². The minimum atomic E-state index is -3.05. The summed E-state index contributed by atoms with van der Waals surface area (Å²) in [5, 5.41) is 9.05. The molecule has 2 aliphatic rings. The molecule has 1 aliphatic heterocycles. The smallest absolute Gasteiger partial charge is 0.167 e. The molecule has 0 bridgehead atoms. The highest BCUT2D eigenvalue weighted by Gasteiger charge is 2.41. The second-order valence-electron chi connectivity index (χ2n) is 8.70. The van der Waals surface area contributed by atoms with Gasteiger partial charge in [0, 0.05) is 34.8 Å². The van der Waals surface area contributed by atoms with Crippen molar-refractivity contribution in [2.45, 2.75) is 32.4 Å². The maximum atomic E-state index is 15.2. The number of fused-ring (bicyclic) bond motifs is 1. The van der Waals surface area contributed by atoms with Crippen LogP contribution in [-0.4, -0.2) is 58.7 Å². The number of rotatable bonds is 4. The van der Waals surface area contributed by atoms with Gasteiger partial charge >= 0.3 is 0 Å². The molecule has 1 aromatic heterocycles.